The molecule has 1 unspecified atom stereocenters. The minimum absolute atomic E-state index is 0.249. The van der Waals surface area contributed by atoms with E-state index in [-0.39, 0.29) is 6.61 Å². The zero-order chi connectivity index (χ0) is 12.4. The molecule has 0 radical (unpaired) electrons. The van der Waals surface area contributed by atoms with E-state index in [9.17, 15) is 5.11 Å². The molecule has 1 atom stereocenters. The Labute approximate surface area is 103 Å². The van der Waals surface area contributed by atoms with Gasteiger partial charge in [0.05, 0.1) is 18.1 Å². The molecule has 0 saturated heterocycles. The average Bonchev–Trinajstić information content (AvgIpc) is 2.75. The number of hydrogen-bond acceptors (Lipinski definition) is 6. The number of rotatable bonds is 4. The summed E-state index contributed by atoms with van der Waals surface area (Å²) in [4.78, 5) is 11.5. The van der Waals surface area contributed by atoms with E-state index in [1.807, 2.05) is 30.3 Å². The van der Waals surface area contributed by atoms with Crippen molar-refractivity contribution < 1.29 is 10.2 Å². The largest absolute Gasteiger partial charge is 0.394 e. The molecule has 0 spiro atoms. The molecule has 92 valence electrons. The zero-order valence-corrected chi connectivity index (χ0v) is 10.6. The van der Waals surface area contributed by atoms with Crippen molar-refractivity contribution in [1.82, 2.24) is 9.97 Å². The number of aliphatic hydroxyl groups is 2. The Balaban J connectivity index is 2.36. The van der Waals surface area contributed by atoms with E-state index in [0.29, 0.717) is 12.4 Å². The maximum Gasteiger partial charge on any atom is 0.140 e. The highest BCUT2D eigenvalue weighted by molar-refractivity contribution is 7.16. The Hall–Kier alpha value is -1.24. The first kappa shape index (κ1) is 12.2. The van der Waals surface area contributed by atoms with Crippen molar-refractivity contribution in [2.75, 3.05) is 25.1 Å². The lowest BCUT2D eigenvalue weighted by Crippen LogP contribution is -2.32. The molecule has 0 aliphatic heterocycles. The molecule has 5 nitrogen and oxygen atoms in total. The SMILES string of the molecule is Cc1nc(N(C)CC(O)CO)c2ccsc2n1. The van der Waals surface area contributed by atoms with Gasteiger partial charge in [0.15, 0.2) is 0 Å². The van der Waals surface area contributed by atoms with Gasteiger partial charge in [0.1, 0.15) is 16.5 Å². The summed E-state index contributed by atoms with van der Waals surface area (Å²) in [5.41, 5.74) is 0. The van der Waals surface area contributed by atoms with Crippen molar-refractivity contribution in [1.29, 1.82) is 0 Å². The number of thiophene rings is 1. The van der Waals surface area contributed by atoms with Crippen LogP contribution >= 0.6 is 11.3 Å². The molecule has 0 bridgehead atoms. The Kier molecular flexibility index (Phi) is 3.56. The second-order valence-corrected chi connectivity index (χ2v) is 4.85. The van der Waals surface area contributed by atoms with Crippen molar-refractivity contribution in [2.24, 2.45) is 0 Å². The van der Waals surface area contributed by atoms with Crippen LogP contribution in [0.25, 0.3) is 10.2 Å². The lowest BCUT2D eigenvalue weighted by Gasteiger charge is -2.21. The quantitative estimate of drug-likeness (QED) is 0.843. The molecule has 0 aliphatic carbocycles. The molecule has 0 aliphatic rings. The Morgan fingerprint density at radius 3 is 2.94 bits per heavy atom. The second-order valence-electron chi connectivity index (χ2n) is 3.95. The van der Waals surface area contributed by atoms with Crippen LogP contribution in [0.3, 0.4) is 0 Å². The molecule has 0 amide bonds. The lowest BCUT2D eigenvalue weighted by atomic mass is 10.3. The number of fused-ring (bicyclic) bond motifs is 1. The second kappa shape index (κ2) is 4.95. The predicted octanol–water partition coefficient (Wildman–Crippen LogP) is 0.789. The summed E-state index contributed by atoms with van der Waals surface area (Å²) in [5, 5.41) is 21.3. The van der Waals surface area contributed by atoms with Crippen molar-refractivity contribution >= 4 is 27.4 Å². The first-order chi connectivity index (χ1) is 8.11. The fourth-order valence-corrected chi connectivity index (χ4v) is 2.50. The third kappa shape index (κ3) is 2.54. The van der Waals surface area contributed by atoms with E-state index < -0.39 is 6.10 Å². The van der Waals surface area contributed by atoms with Gasteiger partial charge in [0.2, 0.25) is 0 Å². The molecule has 6 heteroatoms. The molecular formula is C11H15N3O2S. The van der Waals surface area contributed by atoms with Crippen LogP contribution in [0, 0.1) is 6.92 Å². The summed E-state index contributed by atoms with van der Waals surface area (Å²) in [6.45, 7) is 1.94. The van der Waals surface area contributed by atoms with Crippen LogP contribution in [0.2, 0.25) is 0 Å². The van der Waals surface area contributed by atoms with E-state index in [4.69, 9.17) is 5.11 Å². The molecule has 0 aromatic carbocycles. The highest BCUT2D eigenvalue weighted by Gasteiger charge is 2.13. The van der Waals surface area contributed by atoms with E-state index >= 15 is 0 Å². The number of anilines is 1. The number of likely N-dealkylation sites (N-methyl/N-ethyl adjacent to an activating group) is 1. The third-order valence-corrected chi connectivity index (χ3v) is 3.28. The van der Waals surface area contributed by atoms with Gasteiger partial charge in [0, 0.05) is 13.6 Å². The van der Waals surface area contributed by atoms with Crippen molar-refractivity contribution in [3.8, 4) is 0 Å². The monoisotopic (exact) mass is 253 g/mol. The fraction of sp³-hybridized carbons (Fsp3) is 0.455. The van der Waals surface area contributed by atoms with Gasteiger partial charge >= 0.3 is 0 Å². The molecule has 2 aromatic rings. The van der Waals surface area contributed by atoms with Crippen LogP contribution in [-0.2, 0) is 0 Å². The van der Waals surface area contributed by atoms with Crippen molar-refractivity contribution in [3.63, 3.8) is 0 Å². The maximum atomic E-state index is 9.45. The van der Waals surface area contributed by atoms with Gasteiger partial charge in [-0.1, -0.05) is 0 Å². The maximum absolute atomic E-state index is 9.45. The highest BCUT2D eigenvalue weighted by atomic mass is 32.1. The Morgan fingerprint density at radius 2 is 2.24 bits per heavy atom. The van der Waals surface area contributed by atoms with Gasteiger partial charge in [-0.3, -0.25) is 0 Å². The Bertz CT molecular complexity index is 514. The summed E-state index contributed by atoms with van der Waals surface area (Å²) in [5.74, 6) is 1.50. The lowest BCUT2D eigenvalue weighted by molar-refractivity contribution is 0.101. The van der Waals surface area contributed by atoms with E-state index in [1.165, 1.54) is 0 Å². The number of aryl methyl sites for hydroxylation is 1. The minimum atomic E-state index is -0.760. The summed E-state index contributed by atoms with van der Waals surface area (Å²) in [7, 11) is 1.84. The summed E-state index contributed by atoms with van der Waals surface area (Å²) in [6.07, 6.45) is -0.760. The molecule has 0 saturated carbocycles. The molecule has 2 heterocycles. The van der Waals surface area contributed by atoms with Crippen molar-refractivity contribution in [3.05, 3.63) is 17.3 Å². The first-order valence-corrected chi connectivity index (χ1v) is 6.21. The third-order valence-electron chi connectivity index (χ3n) is 2.47. The smallest absolute Gasteiger partial charge is 0.140 e. The summed E-state index contributed by atoms with van der Waals surface area (Å²) in [6, 6.07) is 1.97. The normalized spacial score (nSPS) is 12.9. The minimum Gasteiger partial charge on any atom is -0.394 e. The fourth-order valence-electron chi connectivity index (χ4n) is 1.69. The van der Waals surface area contributed by atoms with Crippen molar-refractivity contribution in [2.45, 2.75) is 13.0 Å². The van der Waals surface area contributed by atoms with Gasteiger partial charge < -0.3 is 15.1 Å². The average molecular weight is 253 g/mol. The van der Waals surface area contributed by atoms with Gasteiger partial charge in [-0.05, 0) is 18.4 Å². The highest BCUT2D eigenvalue weighted by Crippen LogP contribution is 2.27. The molecular weight excluding hydrogens is 238 g/mol. The first-order valence-electron chi connectivity index (χ1n) is 5.33. The molecule has 17 heavy (non-hydrogen) atoms. The van der Waals surface area contributed by atoms with E-state index in [2.05, 4.69) is 9.97 Å². The zero-order valence-electron chi connectivity index (χ0n) is 9.79. The number of hydrogen-bond donors (Lipinski definition) is 2. The number of aliphatic hydroxyl groups excluding tert-OH is 2. The summed E-state index contributed by atoms with van der Waals surface area (Å²) < 4.78 is 0. The topological polar surface area (TPSA) is 69.5 Å². The van der Waals surface area contributed by atoms with Gasteiger partial charge in [-0.15, -0.1) is 11.3 Å². The Morgan fingerprint density at radius 1 is 1.47 bits per heavy atom. The number of aromatic nitrogens is 2. The molecule has 2 N–H and O–H groups in total. The van der Waals surface area contributed by atoms with Crippen LogP contribution in [0.5, 0.6) is 0 Å². The van der Waals surface area contributed by atoms with Crippen LogP contribution in [-0.4, -0.2) is 46.5 Å². The predicted molar refractivity (Wildman–Crippen MR) is 68.5 cm³/mol. The standard InChI is InChI=1S/C11H15N3O2S/c1-7-12-10(14(2)5-8(16)6-15)9-3-4-17-11(9)13-7/h3-4,8,15-16H,5-6H2,1-2H3. The van der Waals surface area contributed by atoms with Crippen LogP contribution in [0.1, 0.15) is 5.82 Å². The van der Waals surface area contributed by atoms with Gasteiger partial charge in [-0.2, -0.15) is 0 Å². The summed E-state index contributed by atoms with van der Waals surface area (Å²) >= 11 is 1.57. The van der Waals surface area contributed by atoms with Gasteiger partial charge in [-0.25, -0.2) is 9.97 Å². The van der Waals surface area contributed by atoms with Crippen LogP contribution in [0.15, 0.2) is 11.4 Å². The molecule has 0 fully saturated rings. The van der Waals surface area contributed by atoms with Gasteiger partial charge in [0.25, 0.3) is 0 Å². The van der Waals surface area contributed by atoms with Crippen LogP contribution < -0.4 is 4.90 Å². The van der Waals surface area contributed by atoms with E-state index in [1.54, 1.807) is 11.3 Å². The molecule has 2 rings (SSSR count). The van der Waals surface area contributed by atoms with Crippen LogP contribution in [0.4, 0.5) is 5.82 Å². The van der Waals surface area contributed by atoms with E-state index in [0.717, 1.165) is 16.0 Å². The molecule has 2 aromatic heterocycles. The number of nitrogens with zero attached hydrogens (tertiary/aromatic N) is 3.